The minimum absolute atomic E-state index is 0.149. The summed E-state index contributed by atoms with van der Waals surface area (Å²) in [6.45, 7) is 1.71. The van der Waals surface area contributed by atoms with Crippen LogP contribution >= 0.6 is 11.6 Å². The highest BCUT2D eigenvalue weighted by molar-refractivity contribution is 6.32. The SMILES string of the molecule is COc1ccccc1OC[C@H]1CN(C(=O)c2cccnc2Cl)CCO1. The van der Waals surface area contributed by atoms with E-state index in [1.807, 2.05) is 24.3 Å². The van der Waals surface area contributed by atoms with Crippen LogP contribution in [0.25, 0.3) is 0 Å². The van der Waals surface area contributed by atoms with Crippen LogP contribution in [0.15, 0.2) is 42.6 Å². The fourth-order valence-electron chi connectivity index (χ4n) is 2.64. The lowest BCUT2D eigenvalue weighted by atomic mass is 10.2. The monoisotopic (exact) mass is 362 g/mol. The number of amides is 1. The Morgan fingerprint density at radius 3 is 2.88 bits per heavy atom. The summed E-state index contributed by atoms with van der Waals surface area (Å²) < 4.78 is 16.8. The summed E-state index contributed by atoms with van der Waals surface area (Å²) in [6, 6.07) is 10.8. The number of hydrogen-bond acceptors (Lipinski definition) is 5. The van der Waals surface area contributed by atoms with Crippen molar-refractivity contribution in [1.82, 2.24) is 9.88 Å². The van der Waals surface area contributed by atoms with Crippen LogP contribution in [0.3, 0.4) is 0 Å². The molecule has 0 bridgehead atoms. The Balaban J connectivity index is 1.61. The van der Waals surface area contributed by atoms with Crippen molar-refractivity contribution in [2.75, 3.05) is 33.4 Å². The number of carbonyl (C=O) groups is 1. The highest BCUT2D eigenvalue weighted by Gasteiger charge is 2.27. The van der Waals surface area contributed by atoms with E-state index < -0.39 is 0 Å². The van der Waals surface area contributed by atoms with E-state index in [0.29, 0.717) is 43.4 Å². The van der Waals surface area contributed by atoms with Gasteiger partial charge in [-0.25, -0.2) is 4.98 Å². The van der Waals surface area contributed by atoms with E-state index in [4.69, 9.17) is 25.8 Å². The number of methoxy groups -OCH3 is 1. The van der Waals surface area contributed by atoms with Crippen LogP contribution in [0.4, 0.5) is 0 Å². The minimum Gasteiger partial charge on any atom is -0.493 e. The third-order valence-electron chi connectivity index (χ3n) is 3.91. The molecule has 1 aromatic heterocycles. The summed E-state index contributed by atoms with van der Waals surface area (Å²) >= 11 is 6.02. The number of pyridine rings is 1. The Morgan fingerprint density at radius 1 is 1.32 bits per heavy atom. The van der Waals surface area contributed by atoms with Crippen LogP contribution in [-0.2, 0) is 4.74 Å². The second-order valence-electron chi connectivity index (χ2n) is 5.55. The maximum Gasteiger partial charge on any atom is 0.257 e. The molecule has 1 aromatic carbocycles. The van der Waals surface area contributed by atoms with E-state index in [2.05, 4.69) is 4.98 Å². The molecule has 2 heterocycles. The Morgan fingerprint density at radius 2 is 2.12 bits per heavy atom. The van der Waals surface area contributed by atoms with Crippen LogP contribution in [0.5, 0.6) is 11.5 Å². The Kier molecular flexibility index (Phi) is 5.73. The van der Waals surface area contributed by atoms with Crippen LogP contribution in [0, 0.1) is 0 Å². The number of rotatable bonds is 5. The third-order valence-corrected chi connectivity index (χ3v) is 4.21. The summed E-state index contributed by atoms with van der Waals surface area (Å²) in [5, 5.41) is 0.209. The van der Waals surface area contributed by atoms with Gasteiger partial charge in [-0.15, -0.1) is 0 Å². The predicted molar refractivity (Wildman–Crippen MR) is 93.4 cm³/mol. The van der Waals surface area contributed by atoms with Gasteiger partial charge in [-0.1, -0.05) is 23.7 Å². The lowest BCUT2D eigenvalue weighted by molar-refractivity contribution is -0.0403. The number of halogens is 1. The fourth-order valence-corrected chi connectivity index (χ4v) is 2.84. The molecule has 1 fully saturated rings. The highest BCUT2D eigenvalue weighted by atomic mass is 35.5. The van der Waals surface area contributed by atoms with Gasteiger partial charge in [0.15, 0.2) is 11.5 Å². The van der Waals surface area contributed by atoms with Crippen molar-refractivity contribution in [1.29, 1.82) is 0 Å². The van der Waals surface area contributed by atoms with Gasteiger partial charge in [-0.3, -0.25) is 4.79 Å². The second-order valence-corrected chi connectivity index (χ2v) is 5.91. The second kappa shape index (κ2) is 8.18. The first-order valence-electron chi connectivity index (χ1n) is 7.96. The Hall–Kier alpha value is -2.31. The standard InChI is InChI=1S/C18H19ClN2O4/c1-23-15-6-2-3-7-16(15)25-12-13-11-21(9-10-24-13)18(22)14-5-4-8-20-17(14)19/h2-8,13H,9-12H2,1H3/t13-/m1/s1. The van der Waals surface area contributed by atoms with Gasteiger partial charge in [-0.2, -0.15) is 0 Å². The molecule has 0 unspecified atom stereocenters. The van der Waals surface area contributed by atoms with Crippen LogP contribution < -0.4 is 9.47 Å². The molecule has 6 nitrogen and oxygen atoms in total. The molecule has 0 N–H and O–H groups in total. The number of hydrogen-bond donors (Lipinski definition) is 0. The number of aromatic nitrogens is 1. The van der Waals surface area contributed by atoms with Gasteiger partial charge >= 0.3 is 0 Å². The third kappa shape index (κ3) is 4.21. The zero-order valence-corrected chi connectivity index (χ0v) is 14.6. The van der Waals surface area contributed by atoms with Crippen LogP contribution in [0.2, 0.25) is 5.15 Å². The summed E-state index contributed by atoms with van der Waals surface area (Å²) in [6.07, 6.45) is 1.33. The van der Waals surface area contributed by atoms with Gasteiger partial charge in [-0.05, 0) is 24.3 Å². The molecule has 0 saturated carbocycles. The van der Waals surface area contributed by atoms with E-state index in [1.165, 1.54) is 0 Å². The van der Waals surface area contributed by atoms with E-state index in [-0.39, 0.29) is 17.2 Å². The fraction of sp³-hybridized carbons (Fsp3) is 0.333. The van der Waals surface area contributed by atoms with Crippen molar-refractivity contribution < 1.29 is 19.0 Å². The normalized spacial score (nSPS) is 17.2. The zero-order chi connectivity index (χ0) is 17.6. The smallest absolute Gasteiger partial charge is 0.257 e. The predicted octanol–water partition coefficient (Wildman–Crippen LogP) is 2.66. The first kappa shape index (κ1) is 17.5. The minimum atomic E-state index is -0.224. The van der Waals surface area contributed by atoms with Crippen molar-refractivity contribution in [2.45, 2.75) is 6.10 Å². The molecular formula is C18H19ClN2O4. The molecule has 1 amide bonds. The van der Waals surface area contributed by atoms with Gasteiger partial charge in [0.2, 0.25) is 0 Å². The molecule has 0 aliphatic carbocycles. The van der Waals surface area contributed by atoms with E-state index in [1.54, 1.807) is 30.3 Å². The van der Waals surface area contributed by atoms with Gasteiger partial charge < -0.3 is 19.1 Å². The maximum absolute atomic E-state index is 12.6. The lowest BCUT2D eigenvalue weighted by Crippen LogP contribution is -2.47. The van der Waals surface area contributed by atoms with Crippen molar-refractivity contribution in [3.63, 3.8) is 0 Å². The first-order valence-corrected chi connectivity index (χ1v) is 8.34. The zero-order valence-electron chi connectivity index (χ0n) is 13.9. The molecule has 1 aliphatic rings. The average molecular weight is 363 g/mol. The van der Waals surface area contributed by atoms with Crippen LogP contribution in [0.1, 0.15) is 10.4 Å². The Labute approximate surface area is 151 Å². The summed E-state index contributed by atoms with van der Waals surface area (Å²) in [5.74, 6) is 1.16. The van der Waals surface area contributed by atoms with Gasteiger partial charge in [0.25, 0.3) is 5.91 Å². The molecule has 1 aliphatic heterocycles. The average Bonchev–Trinajstić information content (AvgIpc) is 2.66. The quantitative estimate of drug-likeness (QED) is 0.765. The molecule has 0 radical (unpaired) electrons. The van der Waals surface area contributed by atoms with Crippen molar-refractivity contribution in [2.24, 2.45) is 0 Å². The molecule has 7 heteroatoms. The number of morpholine rings is 1. The molecule has 132 valence electrons. The van der Waals surface area contributed by atoms with E-state index in [9.17, 15) is 4.79 Å². The van der Waals surface area contributed by atoms with Crippen molar-refractivity contribution >= 4 is 17.5 Å². The number of ether oxygens (including phenoxy) is 3. The highest BCUT2D eigenvalue weighted by Crippen LogP contribution is 2.26. The molecule has 1 saturated heterocycles. The van der Waals surface area contributed by atoms with Gasteiger partial charge in [0.1, 0.15) is 17.9 Å². The molecular weight excluding hydrogens is 344 g/mol. The summed E-state index contributed by atoms with van der Waals surface area (Å²) in [7, 11) is 1.59. The number of carbonyl (C=O) groups excluding carboxylic acids is 1. The molecule has 2 aromatic rings. The Bertz CT molecular complexity index is 741. The molecule has 3 rings (SSSR count). The summed E-state index contributed by atoms with van der Waals surface area (Å²) in [4.78, 5) is 18.3. The lowest BCUT2D eigenvalue weighted by Gasteiger charge is -2.33. The van der Waals surface area contributed by atoms with Crippen LogP contribution in [-0.4, -0.2) is 55.3 Å². The van der Waals surface area contributed by atoms with Gasteiger partial charge in [0, 0.05) is 12.7 Å². The van der Waals surface area contributed by atoms with Crippen molar-refractivity contribution in [3.8, 4) is 11.5 Å². The first-order chi connectivity index (χ1) is 12.2. The number of nitrogens with zero attached hydrogens (tertiary/aromatic N) is 2. The van der Waals surface area contributed by atoms with Crippen molar-refractivity contribution in [3.05, 3.63) is 53.3 Å². The largest absolute Gasteiger partial charge is 0.493 e. The summed E-state index contributed by atoms with van der Waals surface area (Å²) in [5.41, 5.74) is 0.399. The van der Waals surface area contributed by atoms with E-state index >= 15 is 0 Å². The molecule has 1 atom stereocenters. The topological polar surface area (TPSA) is 60.9 Å². The maximum atomic E-state index is 12.6. The molecule has 0 spiro atoms. The number of para-hydroxylation sites is 2. The number of benzene rings is 1. The molecule has 25 heavy (non-hydrogen) atoms. The van der Waals surface area contributed by atoms with E-state index in [0.717, 1.165) is 0 Å². The van der Waals surface area contributed by atoms with Gasteiger partial charge in [0.05, 0.1) is 25.8 Å².